The van der Waals surface area contributed by atoms with E-state index in [0.29, 0.717) is 27.1 Å². The van der Waals surface area contributed by atoms with Gasteiger partial charge in [-0.25, -0.2) is 0 Å². The lowest BCUT2D eigenvalue weighted by Crippen LogP contribution is -1.96. The number of allylic oxidation sites excluding steroid dienone is 1. The Bertz CT molecular complexity index is 807. The van der Waals surface area contributed by atoms with Gasteiger partial charge in [-0.2, -0.15) is 5.26 Å². The van der Waals surface area contributed by atoms with Crippen LogP contribution in [0.1, 0.15) is 15.9 Å². The number of methoxy groups -OCH3 is 1. The molecule has 0 heterocycles. The molecule has 0 aromatic heterocycles. The first kappa shape index (κ1) is 17.6. The second kappa shape index (κ2) is 8.18. The molecule has 1 N–H and O–H groups in total. The smallest absolute Gasteiger partial charge is 0.185 e. The zero-order chi connectivity index (χ0) is 17.5. The van der Waals surface area contributed by atoms with E-state index in [1.807, 2.05) is 6.07 Å². The van der Waals surface area contributed by atoms with Crippen LogP contribution in [-0.2, 0) is 0 Å². The number of halogens is 1. The van der Waals surface area contributed by atoms with Crippen molar-refractivity contribution in [1.29, 1.82) is 5.26 Å². The van der Waals surface area contributed by atoms with Crippen molar-refractivity contribution in [2.75, 3.05) is 13.7 Å². The van der Waals surface area contributed by atoms with Gasteiger partial charge in [-0.1, -0.05) is 15.9 Å². The number of carbonyl (C=O) groups excluding carboxylic acids is 1. The van der Waals surface area contributed by atoms with E-state index in [0.717, 1.165) is 0 Å². The maximum Gasteiger partial charge on any atom is 0.185 e. The fraction of sp³-hybridized carbons (Fsp3) is 0.111. The maximum atomic E-state index is 12.2. The minimum absolute atomic E-state index is 0.00760. The fourth-order valence-corrected chi connectivity index (χ4v) is 2.40. The molecule has 0 aliphatic heterocycles. The SMILES string of the molecule is COc1cc(Br)c(/C=C/C(=O)c2ccc(OCC#N)cc2)cc1O. The molecule has 2 aromatic carbocycles. The first-order chi connectivity index (χ1) is 11.5. The van der Waals surface area contributed by atoms with Crippen LogP contribution in [0.3, 0.4) is 0 Å². The third kappa shape index (κ3) is 4.37. The number of ketones is 1. The largest absolute Gasteiger partial charge is 0.504 e. The number of nitrogens with zero attached hydrogens (tertiary/aromatic N) is 1. The number of hydrogen-bond donors (Lipinski definition) is 1. The molecule has 0 saturated carbocycles. The molecule has 6 heteroatoms. The Morgan fingerprint density at radius 3 is 2.67 bits per heavy atom. The number of carbonyl (C=O) groups is 1. The van der Waals surface area contributed by atoms with E-state index in [1.165, 1.54) is 19.3 Å². The van der Waals surface area contributed by atoms with Gasteiger partial charge in [0.1, 0.15) is 11.8 Å². The Morgan fingerprint density at radius 2 is 2.04 bits per heavy atom. The number of aromatic hydroxyl groups is 1. The number of phenols is 1. The molecule has 0 radical (unpaired) electrons. The van der Waals surface area contributed by atoms with Crippen LogP contribution in [-0.4, -0.2) is 24.6 Å². The first-order valence-electron chi connectivity index (χ1n) is 6.94. The van der Waals surface area contributed by atoms with Crippen LogP contribution in [0.4, 0.5) is 0 Å². The molecule has 2 rings (SSSR count). The number of rotatable bonds is 6. The molecule has 0 amide bonds. The zero-order valence-corrected chi connectivity index (χ0v) is 14.4. The summed E-state index contributed by atoms with van der Waals surface area (Å²) in [5.41, 5.74) is 1.14. The summed E-state index contributed by atoms with van der Waals surface area (Å²) in [4.78, 5) is 12.2. The van der Waals surface area contributed by atoms with Gasteiger partial charge < -0.3 is 14.6 Å². The van der Waals surface area contributed by atoms with Crippen LogP contribution in [0.2, 0.25) is 0 Å². The molecule has 0 aliphatic carbocycles. The van der Waals surface area contributed by atoms with Gasteiger partial charge in [0.05, 0.1) is 7.11 Å². The highest BCUT2D eigenvalue weighted by Gasteiger charge is 2.07. The summed E-state index contributed by atoms with van der Waals surface area (Å²) >= 11 is 3.37. The highest BCUT2D eigenvalue weighted by atomic mass is 79.9. The molecule has 0 atom stereocenters. The van der Waals surface area contributed by atoms with Crippen LogP contribution in [0.15, 0.2) is 46.9 Å². The summed E-state index contributed by atoms with van der Waals surface area (Å²) in [5, 5.41) is 18.3. The molecule has 0 unspecified atom stereocenters. The standard InChI is InChI=1S/C18H14BrNO4/c1-23-18-11-15(19)13(10-17(18)22)4-7-16(21)12-2-5-14(6-3-12)24-9-8-20/h2-7,10-11,22H,9H2,1H3/b7-4+. The summed E-state index contributed by atoms with van der Waals surface area (Å²) in [5.74, 6) is 0.675. The average molecular weight is 388 g/mol. The number of ether oxygens (including phenoxy) is 2. The van der Waals surface area contributed by atoms with Gasteiger partial charge in [0.25, 0.3) is 0 Å². The summed E-state index contributed by atoms with van der Waals surface area (Å²) < 4.78 is 10.8. The molecule has 0 aliphatic rings. The molecule has 24 heavy (non-hydrogen) atoms. The molecule has 0 saturated heterocycles. The molecular weight excluding hydrogens is 374 g/mol. The summed E-state index contributed by atoms with van der Waals surface area (Å²) in [7, 11) is 1.46. The van der Waals surface area contributed by atoms with E-state index >= 15 is 0 Å². The number of benzene rings is 2. The molecule has 122 valence electrons. The fourth-order valence-electron chi connectivity index (χ4n) is 1.94. The number of nitriles is 1. The van der Waals surface area contributed by atoms with Crippen LogP contribution in [0, 0.1) is 11.3 Å². The summed E-state index contributed by atoms with van der Waals surface area (Å²) in [6, 6.07) is 11.5. The molecule has 0 spiro atoms. The third-order valence-electron chi connectivity index (χ3n) is 3.15. The minimum atomic E-state index is -0.191. The molecular formula is C18H14BrNO4. The molecule has 5 nitrogen and oxygen atoms in total. The Hall–Kier alpha value is -2.78. The van der Waals surface area contributed by atoms with Gasteiger partial charge >= 0.3 is 0 Å². The van der Waals surface area contributed by atoms with Crippen LogP contribution in [0.25, 0.3) is 6.08 Å². The van der Waals surface area contributed by atoms with Gasteiger partial charge in [-0.3, -0.25) is 4.79 Å². The van der Waals surface area contributed by atoms with Gasteiger partial charge in [0.15, 0.2) is 23.9 Å². The molecule has 0 fully saturated rings. The van der Waals surface area contributed by atoms with Crippen molar-refractivity contribution in [3.63, 3.8) is 0 Å². The van der Waals surface area contributed by atoms with Crippen LogP contribution < -0.4 is 9.47 Å². The van der Waals surface area contributed by atoms with E-state index in [2.05, 4.69) is 15.9 Å². The van der Waals surface area contributed by atoms with Gasteiger partial charge in [-0.15, -0.1) is 0 Å². The monoisotopic (exact) mass is 387 g/mol. The quantitative estimate of drug-likeness (QED) is 0.599. The number of hydrogen-bond acceptors (Lipinski definition) is 5. The number of phenolic OH excluding ortho intramolecular Hbond substituents is 1. The highest BCUT2D eigenvalue weighted by Crippen LogP contribution is 2.33. The topological polar surface area (TPSA) is 79.5 Å². The van der Waals surface area contributed by atoms with Crippen molar-refractivity contribution in [3.05, 3.63) is 58.1 Å². The third-order valence-corrected chi connectivity index (χ3v) is 3.84. The average Bonchev–Trinajstić information content (AvgIpc) is 2.60. The second-order valence-electron chi connectivity index (χ2n) is 4.71. The van der Waals surface area contributed by atoms with Crippen LogP contribution >= 0.6 is 15.9 Å². The van der Waals surface area contributed by atoms with Crippen molar-refractivity contribution in [2.24, 2.45) is 0 Å². The van der Waals surface area contributed by atoms with E-state index in [1.54, 1.807) is 36.4 Å². The predicted molar refractivity (Wildman–Crippen MR) is 93.3 cm³/mol. The lowest BCUT2D eigenvalue weighted by atomic mass is 10.1. The van der Waals surface area contributed by atoms with Crippen LogP contribution in [0.5, 0.6) is 17.2 Å². The first-order valence-corrected chi connectivity index (χ1v) is 7.73. The summed E-state index contributed by atoms with van der Waals surface area (Å²) in [6.45, 7) is -0.0395. The van der Waals surface area contributed by atoms with E-state index in [-0.39, 0.29) is 18.1 Å². The summed E-state index contributed by atoms with van der Waals surface area (Å²) in [6.07, 6.45) is 3.02. The van der Waals surface area contributed by atoms with Crippen molar-refractivity contribution >= 4 is 27.8 Å². The highest BCUT2D eigenvalue weighted by molar-refractivity contribution is 9.10. The van der Waals surface area contributed by atoms with E-state index in [9.17, 15) is 9.90 Å². The van der Waals surface area contributed by atoms with Gasteiger partial charge in [0.2, 0.25) is 0 Å². The van der Waals surface area contributed by atoms with Crippen molar-refractivity contribution in [2.45, 2.75) is 0 Å². The molecule has 2 aromatic rings. The van der Waals surface area contributed by atoms with Gasteiger partial charge in [0, 0.05) is 10.0 Å². The van der Waals surface area contributed by atoms with E-state index in [4.69, 9.17) is 14.7 Å². The normalized spacial score (nSPS) is 10.4. The van der Waals surface area contributed by atoms with Crippen molar-refractivity contribution in [3.8, 4) is 23.3 Å². The zero-order valence-electron chi connectivity index (χ0n) is 12.8. The Labute approximate surface area is 147 Å². The van der Waals surface area contributed by atoms with Crippen molar-refractivity contribution < 1.29 is 19.4 Å². The lowest BCUT2D eigenvalue weighted by molar-refractivity contribution is 0.104. The molecule has 0 bridgehead atoms. The van der Waals surface area contributed by atoms with E-state index < -0.39 is 0 Å². The maximum absolute atomic E-state index is 12.2. The Morgan fingerprint density at radius 1 is 1.33 bits per heavy atom. The Balaban J connectivity index is 2.13. The Kier molecular flexibility index (Phi) is 5.99. The lowest BCUT2D eigenvalue weighted by Gasteiger charge is -2.06. The predicted octanol–water partition coefficient (Wildman–Crippen LogP) is 3.96. The van der Waals surface area contributed by atoms with Crippen molar-refractivity contribution in [1.82, 2.24) is 0 Å². The van der Waals surface area contributed by atoms with Gasteiger partial charge in [-0.05, 0) is 54.1 Å². The second-order valence-corrected chi connectivity index (χ2v) is 5.57. The minimum Gasteiger partial charge on any atom is -0.504 e.